The van der Waals surface area contributed by atoms with Crippen molar-refractivity contribution in [2.75, 3.05) is 13.2 Å². The predicted molar refractivity (Wildman–Crippen MR) is 61.2 cm³/mol. The van der Waals surface area contributed by atoms with Crippen molar-refractivity contribution in [1.29, 1.82) is 0 Å². The molecule has 0 radical (unpaired) electrons. The van der Waals surface area contributed by atoms with E-state index in [2.05, 4.69) is 12.1 Å². The van der Waals surface area contributed by atoms with Gasteiger partial charge in [0.15, 0.2) is 0 Å². The summed E-state index contributed by atoms with van der Waals surface area (Å²) < 4.78 is 11.0. The molecule has 1 aromatic rings. The minimum atomic E-state index is -0.131. The monoisotopic (exact) mass is 217 g/mol. The van der Waals surface area contributed by atoms with Gasteiger partial charge in [0.1, 0.15) is 11.5 Å². The fourth-order valence-corrected chi connectivity index (χ4v) is 2.22. The molecule has 0 spiro atoms. The summed E-state index contributed by atoms with van der Waals surface area (Å²) in [6.07, 6.45) is 4.03. The molecule has 0 bridgehead atoms. The molecule has 0 saturated carbocycles. The van der Waals surface area contributed by atoms with Gasteiger partial charge in [-0.05, 0) is 29.3 Å². The van der Waals surface area contributed by atoms with E-state index in [0.717, 1.165) is 43.1 Å². The van der Waals surface area contributed by atoms with Gasteiger partial charge < -0.3 is 15.2 Å². The Morgan fingerprint density at radius 3 is 2.94 bits per heavy atom. The highest BCUT2D eigenvalue weighted by atomic mass is 16.5. The van der Waals surface area contributed by atoms with Crippen molar-refractivity contribution in [1.82, 2.24) is 0 Å². The highest BCUT2D eigenvalue weighted by molar-refractivity contribution is 5.42. The highest BCUT2D eigenvalue weighted by Gasteiger charge is 2.19. The van der Waals surface area contributed by atoms with Crippen LogP contribution in [0.25, 0.3) is 0 Å². The zero-order valence-corrected chi connectivity index (χ0v) is 9.11. The number of rotatable bonds is 2. The SMILES string of the molecule is NC(C1=CCCO1)c1ccc2c(c1)CCO2. The average molecular weight is 217 g/mol. The molecule has 2 N–H and O–H groups in total. The van der Waals surface area contributed by atoms with Crippen LogP contribution in [0.1, 0.15) is 23.6 Å². The number of hydrogen-bond donors (Lipinski definition) is 1. The van der Waals surface area contributed by atoms with Crippen molar-refractivity contribution in [2.45, 2.75) is 18.9 Å². The lowest BCUT2D eigenvalue weighted by atomic mass is 10.0. The van der Waals surface area contributed by atoms with E-state index in [1.807, 2.05) is 12.1 Å². The standard InChI is InChI=1S/C13H15NO2/c14-13(12-2-1-6-15-12)10-3-4-11-9(8-10)5-7-16-11/h2-4,8,13H,1,5-7,14H2. The summed E-state index contributed by atoms with van der Waals surface area (Å²) in [6.45, 7) is 1.55. The molecule has 3 rings (SSSR count). The van der Waals surface area contributed by atoms with Crippen LogP contribution in [0.3, 0.4) is 0 Å². The smallest absolute Gasteiger partial charge is 0.122 e. The summed E-state index contributed by atoms with van der Waals surface area (Å²) >= 11 is 0. The van der Waals surface area contributed by atoms with E-state index in [1.165, 1.54) is 5.56 Å². The van der Waals surface area contributed by atoms with Crippen LogP contribution in [0.4, 0.5) is 0 Å². The molecule has 0 fully saturated rings. The van der Waals surface area contributed by atoms with Gasteiger partial charge in [-0.25, -0.2) is 0 Å². The van der Waals surface area contributed by atoms with Gasteiger partial charge in [-0.1, -0.05) is 6.07 Å². The molecule has 1 atom stereocenters. The summed E-state index contributed by atoms with van der Waals surface area (Å²) in [5.74, 6) is 1.90. The van der Waals surface area contributed by atoms with E-state index < -0.39 is 0 Å². The largest absolute Gasteiger partial charge is 0.496 e. The number of fused-ring (bicyclic) bond motifs is 1. The Balaban J connectivity index is 1.89. The summed E-state index contributed by atoms with van der Waals surface area (Å²) in [5.41, 5.74) is 8.53. The summed E-state index contributed by atoms with van der Waals surface area (Å²) in [6, 6.07) is 6.04. The van der Waals surface area contributed by atoms with Crippen LogP contribution in [0.2, 0.25) is 0 Å². The van der Waals surface area contributed by atoms with Gasteiger partial charge in [-0.3, -0.25) is 0 Å². The average Bonchev–Trinajstić information content (AvgIpc) is 2.98. The lowest BCUT2D eigenvalue weighted by Crippen LogP contribution is -2.13. The summed E-state index contributed by atoms with van der Waals surface area (Å²) in [5, 5.41) is 0. The first kappa shape index (κ1) is 9.73. The second kappa shape index (κ2) is 3.83. The Kier molecular flexibility index (Phi) is 2.33. The number of hydrogen-bond acceptors (Lipinski definition) is 3. The molecule has 2 aliphatic rings. The third-order valence-corrected chi connectivity index (χ3v) is 3.11. The molecule has 3 heteroatoms. The first-order chi connectivity index (χ1) is 7.84. The third-order valence-electron chi connectivity index (χ3n) is 3.11. The first-order valence-electron chi connectivity index (χ1n) is 5.68. The predicted octanol–water partition coefficient (Wildman–Crippen LogP) is 1.93. The molecule has 3 nitrogen and oxygen atoms in total. The summed E-state index contributed by atoms with van der Waals surface area (Å²) in [7, 11) is 0. The minimum Gasteiger partial charge on any atom is -0.496 e. The normalized spacial score (nSPS) is 19.7. The lowest BCUT2D eigenvalue weighted by molar-refractivity contribution is 0.225. The Morgan fingerprint density at radius 2 is 2.12 bits per heavy atom. The van der Waals surface area contributed by atoms with E-state index in [9.17, 15) is 0 Å². The topological polar surface area (TPSA) is 44.5 Å². The van der Waals surface area contributed by atoms with Gasteiger partial charge in [0.05, 0.1) is 19.3 Å². The van der Waals surface area contributed by atoms with Crippen LogP contribution in [0.5, 0.6) is 5.75 Å². The Hall–Kier alpha value is -1.48. The van der Waals surface area contributed by atoms with Crippen molar-refractivity contribution in [3.63, 3.8) is 0 Å². The lowest BCUT2D eigenvalue weighted by Gasteiger charge is -2.14. The van der Waals surface area contributed by atoms with Crippen LogP contribution in [-0.4, -0.2) is 13.2 Å². The van der Waals surface area contributed by atoms with Crippen molar-refractivity contribution in [3.8, 4) is 5.75 Å². The molecule has 0 aromatic heterocycles. The Morgan fingerprint density at radius 1 is 1.19 bits per heavy atom. The zero-order chi connectivity index (χ0) is 11.0. The second-order valence-corrected chi connectivity index (χ2v) is 4.19. The first-order valence-corrected chi connectivity index (χ1v) is 5.68. The van der Waals surface area contributed by atoms with E-state index in [4.69, 9.17) is 15.2 Å². The molecule has 0 saturated heterocycles. The molecule has 2 aliphatic heterocycles. The molecule has 1 aromatic carbocycles. The van der Waals surface area contributed by atoms with E-state index in [-0.39, 0.29) is 6.04 Å². The van der Waals surface area contributed by atoms with Crippen LogP contribution in [0, 0.1) is 0 Å². The van der Waals surface area contributed by atoms with Gasteiger partial charge >= 0.3 is 0 Å². The Bertz CT molecular complexity index is 440. The number of benzene rings is 1. The van der Waals surface area contributed by atoms with Gasteiger partial charge in [-0.2, -0.15) is 0 Å². The second-order valence-electron chi connectivity index (χ2n) is 4.19. The highest BCUT2D eigenvalue weighted by Crippen LogP contribution is 2.30. The van der Waals surface area contributed by atoms with Crippen LogP contribution in [-0.2, 0) is 11.2 Å². The van der Waals surface area contributed by atoms with Crippen molar-refractivity contribution in [3.05, 3.63) is 41.2 Å². The quantitative estimate of drug-likeness (QED) is 0.823. The molecule has 1 unspecified atom stereocenters. The molecule has 84 valence electrons. The van der Waals surface area contributed by atoms with Crippen molar-refractivity contribution >= 4 is 0 Å². The molecular formula is C13H15NO2. The maximum atomic E-state index is 6.16. The van der Waals surface area contributed by atoms with Gasteiger partial charge in [-0.15, -0.1) is 0 Å². The van der Waals surface area contributed by atoms with Crippen LogP contribution in [0.15, 0.2) is 30.0 Å². The van der Waals surface area contributed by atoms with Crippen LogP contribution >= 0.6 is 0 Å². The van der Waals surface area contributed by atoms with Gasteiger partial charge in [0.2, 0.25) is 0 Å². The molecule has 2 heterocycles. The van der Waals surface area contributed by atoms with Gasteiger partial charge in [0.25, 0.3) is 0 Å². The van der Waals surface area contributed by atoms with E-state index >= 15 is 0 Å². The maximum absolute atomic E-state index is 6.16. The number of nitrogens with two attached hydrogens (primary N) is 1. The Labute approximate surface area is 94.9 Å². The van der Waals surface area contributed by atoms with E-state index in [1.54, 1.807) is 0 Å². The fourth-order valence-electron chi connectivity index (χ4n) is 2.22. The van der Waals surface area contributed by atoms with Crippen molar-refractivity contribution in [2.24, 2.45) is 5.73 Å². The zero-order valence-electron chi connectivity index (χ0n) is 9.11. The minimum absolute atomic E-state index is 0.131. The van der Waals surface area contributed by atoms with Crippen molar-refractivity contribution < 1.29 is 9.47 Å². The molecule has 16 heavy (non-hydrogen) atoms. The molecule has 0 amide bonds. The van der Waals surface area contributed by atoms with Gasteiger partial charge in [0, 0.05) is 12.8 Å². The fraction of sp³-hybridized carbons (Fsp3) is 0.385. The molecular weight excluding hydrogens is 202 g/mol. The maximum Gasteiger partial charge on any atom is 0.122 e. The number of ether oxygens (including phenoxy) is 2. The molecule has 0 aliphatic carbocycles. The van der Waals surface area contributed by atoms with Crippen LogP contribution < -0.4 is 10.5 Å². The van der Waals surface area contributed by atoms with E-state index in [0.29, 0.717) is 0 Å². The third kappa shape index (κ3) is 1.57. The summed E-state index contributed by atoms with van der Waals surface area (Å²) in [4.78, 5) is 0.